The van der Waals surface area contributed by atoms with Crippen LogP contribution in [0.1, 0.15) is 24.5 Å². The fourth-order valence-electron chi connectivity index (χ4n) is 1.23. The molecule has 0 saturated heterocycles. The molecule has 6 heteroatoms. The Balaban J connectivity index is 2.69. The summed E-state index contributed by atoms with van der Waals surface area (Å²) in [5.74, 6) is 6.06. The third kappa shape index (κ3) is 5.58. The van der Waals surface area contributed by atoms with E-state index in [0.29, 0.717) is 17.7 Å². The molecule has 0 radical (unpaired) electrons. The topological polar surface area (TPSA) is 17.1 Å². The zero-order chi connectivity index (χ0) is 14.5. The number of hydrogen-bond acceptors (Lipinski definition) is 2. The van der Waals surface area contributed by atoms with Gasteiger partial charge in [0.1, 0.15) is 0 Å². The van der Waals surface area contributed by atoms with E-state index in [9.17, 15) is 18.0 Å². The van der Waals surface area contributed by atoms with Crippen molar-refractivity contribution in [3.05, 3.63) is 34.3 Å². The van der Waals surface area contributed by atoms with Crippen LogP contribution in [-0.2, 0) is 11.0 Å². The third-order valence-corrected chi connectivity index (χ3v) is 3.17. The molecule has 0 amide bonds. The Labute approximate surface area is 118 Å². The fourth-order valence-corrected chi connectivity index (χ4v) is 2.01. The number of alkyl halides is 3. The van der Waals surface area contributed by atoms with Crippen LogP contribution in [0, 0.1) is 11.8 Å². The van der Waals surface area contributed by atoms with Crippen molar-refractivity contribution >= 4 is 28.5 Å². The maximum atomic E-state index is 12.5. The van der Waals surface area contributed by atoms with Crippen LogP contribution in [0.15, 0.2) is 18.2 Å². The normalized spacial score (nSPS) is 10.8. The highest BCUT2D eigenvalue weighted by atomic mass is 35.5. The molecule has 0 aromatic heterocycles. The van der Waals surface area contributed by atoms with E-state index in [0.717, 1.165) is 17.8 Å². The van der Waals surface area contributed by atoms with Crippen LogP contribution in [0.5, 0.6) is 0 Å². The van der Waals surface area contributed by atoms with Crippen LogP contribution in [0.2, 0.25) is 5.02 Å². The van der Waals surface area contributed by atoms with E-state index in [2.05, 4.69) is 11.8 Å². The average Bonchev–Trinajstić information content (AvgIpc) is 2.26. The minimum atomic E-state index is -4.46. The molecule has 0 fully saturated rings. The minimum Gasteiger partial charge on any atom is -0.288 e. The molecule has 102 valence electrons. The maximum absolute atomic E-state index is 12.5. The summed E-state index contributed by atoms with van der Waals surface area (Å²) in [4.78, 5) is 10.6. The molecule has 1 rings (SSSR count). The Morgan fingerprint density at radius 1 is 1.42 bits per heavy atom. The first-order chi connectivity index (χ1) is 8.80. The Kier molecular flexibility index (Phi) is 5.77. The molecule has 0 aliphatic heterocycles. The summed E-state index contributed by atoms with van der Waals surface area (Å²) in [6.07, 6.45) is -3.97. The van der Waals surface area contributed by atoms with Crippen LogP contribution in [0.4, 0.5) is 13.2 Å². The van der Waals surface area contributed by atoms with Gasteiger partial charge in [-0.3, -0.25) is 4.79 Å². The fraction of sp³-hybridized carbons (Fsp3) is 0.308. The SMILES string of the molecule is CC(=O)SCCC#Cc1ccc(C(F)(F)F)c(Cl)c1. The van der Waals surface area contributed by atoms with Crippen LogP contribution in [-0.4, -0.2) is 10.9 Å². The second-order valence-corrected chi connectivity index (χ2v) is 5.26. The Morgan fingerprint density at radius 2 is 2.11 bits per heavy atom. The van der Waals surface area contributed by atoms with Gasteiger partial charge in [-0.2, -0.15) is 13.2 Å². The number of benzene rings is 1. The molecule has 1 aromatic carbocycles. The summed E-state index contributed by atoms with van der Waals surface area (Å²) < 4.78 is 37.4. The Morgan fingerprint density at radius 3 is 2.63 bits per heavy atom. The molecule has 0 aliphatic rings. The van der Waals surface area contributed by atoms with E-state index in [1.807, 2.05) is 0 Å². The summed E-state index contributed by atoms with van der Waals surface area (Å²) >= 11 is 6.72. The van der Waals surface area contributed by atoms with Gasteiger partial charge in [-0.05, 0) is 18.2 Å². The highest BCUT2D eigenvalue weighted by Gasteiger charge is 2.32. The predicted molar refractivity (Wildman–Crippen MR) is 71.1 cm³/mol. The van der Waals surface area contributed by atoms with Gasteiger partial charge >= 0.3 is 6.18 Å². The first kappa shape index (κ1) is 15.9. The van der Waals surface area contributed by atoms with Crippen molar-refractivity contribution < 1.29 is 18.0 Å². The monoisotopic (exact) mass is 306 g/mol. The van der Waals surface area contributed by atoms with Gasteiger partial charge in [-0.15, -0.1) is 0 Å². The van der Waals surface area contributed by atoms with Gasteiger partial charge in [-0.1, -0.05) is 35.2 Å². The molecule has 0 atom stereocenters. The molecule has 19 heavy (non-hydrogen) atoms. The zero-order valence-electron chi connectivity index (χ0n) is 9.97. The molecule has 0 unspecified atom stereocenters. The quantitative estimate of drug-likeness (QED) is 0.596. The minimum absolute atomic E-state index is 0.0133. The van der Waals surface area contributed by atoms with Gasteiger partial charge in [0.05, 0.1) is 10.6 Å². The molecule has 0 spiro atoms. The molecular weight excluding hydrogens is 297 g/mol. The lowest BCUT2D eigenvalue weighted by molar-refractivity contribution is -0.137. The van der Waals surface area contributed by atoms with E-state index < -0.39 is 11.7 Å². The zero-order valence-corrected chi connectivity index (χ0v) is 11.5. The molecular formula is C13H10ClF3OS. The van der Waals surface area contributed by atoms with E-state index in [4.69, 9.17) is 11.6 Å². The van der Waals surface area contributed by atoms with Crippen molar-refractivity contribution in [3.8, 4) is 11.8 Å². The second kappa shape index (κ2) is 6.88. The van der Waals surface area contributed by atoms with Gasteiger partial charge in [0.15, 0.2) is 5.12 Å². The van der Waals surface area contributed by atoms with Gasteiger partial charge in [-0.25, -0.2) is 0 Å². The first-order valence-corrected chi connectivity index (χ1v) is 6.66. The maximum Gasteiger partial charge on any atom is 0.417 e. The van der Waals surface area contributed by atoms with Gasteiger partial charge in [0.25, 0.3) is 0 Å². The van der Waals surface area contributed by atoms with Crippen LogP contribution in [0.3, 0.4) is 0 Å². The molecule has 0 heterocycles. The number of carbonyl (C=O) groups is 1. The Bertz CT molecular complexity index is 529. The summed E-state index contributed by atoms with van der Waals surface area (Å²) in [6, 6.07) is 3.38. The number of thioether (sulfide) groups is 1. The molecule has 0 saturated carbocycles. The number of rotatable bonds is 2. The largest absolute Gasteiger partial charge is 0.417 e. The molecule has 1 nitrogen and oxygen atoms in total. The second-order valence-electron chi connectivity index (χ2n) is 3.58. The lowest BCUT2D eigenvalue weighted by Crippen LogP contribution is -2.05. The van der Waals surface area contributed by atoms with Crippen LogP contribution < -0.4 is 0 Å². The number of halogens is 4. The van der Waals surface area contributed by atoms with E-state index in [-0.39, 0.29) is 10.1 Å². The van der Waals surface area contributed by atoms with Crippen LogP contribution in [0.25, 0.3) is 0 Å². The molecule has 1 aromatic rings. The lowest BCUT2D eigenvalue weighted by Gasteiger charge is -2.08. The highest BCUT2D eigenvalue weighted by molar-refractivity contribution is 8.13. The van der Waals surface area contributed by atoms with Crippen molar-refractivity contribution in [3.63, 3.8) is 0 Å². The average molecular weight is 307 g/mol. The van der Waals surface area contributed by atoms with Crippen molar-refractivity contribution in [1.82, 2.24) is 0 Å². The summed E-state index contributed by atoms with van der Waals surface area (Å²) in [7, 11) is 0. The molecule has 0 N–H and O–H groups in total. The smallest absolute Gasteiger partial charge is 0.288 e. The Hall–Kier alpha value is -1.12. The highest BCUT2D eigenvalue weighted by Crippen LogP contribution is 2.34. The van der Waals surface area contributed by atoms with E-state index in [1.165, 1.54) is 19.1 Å². The predicted octanol–water partition coefficient (Wildman–Crippen LogP) is 4.38. The van der Waals surface area contributed by atoms with Gasteiger partial charge in [0.2, 0.25) is 0 Å². The van der Waals surface area contributed by atoms with E-state index >= 15 is 0 Å². The standard InChI is InChI=1S/C13H10ClF3OS/c1-9(18)19-7-3-2-4-10-5-6-11(12(14)8-10)13(15,16)17/h5-6,8H,3,7H2,1H3. The first-order valence-electron chi connectivity index (χ1n) is 5.29. The van der Waals surface area contributed by atoms with Crippen LogP contribution >= 0.6 is 23.4 Å². The van der Waals surface area contributed by atoms with Crippen molar-refractivity contribution in [1.29, 1.82) is 0 Å². The number of hydrogen-bond donors (Lipinski definition) is 0. The summed E-state index contributed by atoms with van der Waals surface area (Å²) in [5, 5.41) is -0.350. The molecule has 0 bridgehead atoms. The molecule has 0 aliphatic carbocycles. The van der Waals surface area contributed by atoms with Gasteiger partial charge < -0.3 is 0 Å². The summed E-state index contributed by atoms with van der Waals surface area (Å²) in [5.41, 5.74) is -0.447. The van der Waals surface area contributed by atoms with Crippen molar-refractivity contribution in [2.45, 2.75) is 19.5 Å². The van der Waals surface area contributed by atoms with Crippen molar-refractivity contribution in [2.75, 3.05) is 5.75 Å². The van der Waals surface area contributed by atoms with Gasteiger partial charge in [0, 0.05) is 24.7 Å². The summed E-state index contributed by atoms with van der Waals surface area (Å²) in [6.45, 7) is 1.47. The van der Waals surface area contributed by atoms with Crippen molar-refractivity contribution in [2.24, 2.45) is 0 Å². The van der Waals surface area contributed by atoms with E-state index in [1.54, 1.807) is 0 Å². The lowest BCUT2D eigenvalue weighted by atomic mass is 10.1. The number of carbonyl (C=O) groups excluding carboxylic acids is 1. The third-order valence-electron chi connectivity index (χ3n) is 2.04.